The van der Waals surface area contributed by atoms with E-state index >= 15 is 0 Å². The summed E-state index contributed by atoms with van der Waals surface area (Å²) in [7, 11) is 2.03. The molecule has 0 aliphatic heterocycles. The van der Waals surface area contributed by atoms with E-state index in [4.69, 9.17) is 16.3 Å². The van der Waals surface area contributed by atoms with E-state index in [9.17, 15) is 0 Å². The summed E-state index contributed by atoms with van der Waals surface area (Å²) < 4.78 is 7.60. The number of hydrogen-bond donors (Lipinski definition) is 0. The molecule has 1 aromatic carbocycles. The molecular formula is C18H20ClN5O. The summed E-state index contributed by atoms with van der Waals surface area (Å²) >= 11 is 6.22. The summed E-state index contributed by atoms with van der Waals surface area (Å²) in [5.74, 6) is 1.28. The lowest BCUT2D eigenvalue weighted by atomic mass is 10.2. The summed E-state index contributed by atoms with van der Waals surface area (Å²) in [6.07, 6.45) is 4.07. The van der Waals surface area contributed by atoms with Crippen molar-refractivity contribution < 1.29 is 4.74 Å². The van der Waals surface area contributed by atoms with E-state index in [2.05, 4.69) is 26.3 Å². The van der Waals surface area contributed by atoms with Crippen LogP contribution >= 0.6 is 11.6 Å². The number of aryl methyl sites for hydroxylation is 1. The fourth-order valence-corrected chi connectivity index (χ4v) is 3.11. The summed E-state index contributed by atoms with van der Waals surface area (Å²) in [4.78, 5) is 2.12. The molecule has 0 amide bonds. The van der Waals surface area contributed by atoms with E-state index in [1.807, 2.05) is 32.2 Å². The van der Waals surface area contributed by atoms with Gasteiger partial charge in [0.1, 0.15) is 18.7 Å². The van der Waals surface area contributed by atoms with Crippen LogP contribution in [0.2, 0.25) is 5.02 Å². The molecule has 25 heavy (non-hydrogen) atoms. The average Bonchev–Trinajstić information content (AvgIpc) is 3.33. The highest BCUT2D eigenvalue weighted by Gasteiger charge is 2.27. The maximum atomic E-state index is 6.22. The molecule has 1 saturated carbocycles. The van der Waals surface area contributed by atoms with Gasteiger partial charge in [0.2, 0.25) is 5.65 Å². The van der Waals surface area contributed by atoms with Crippen molar-refractivity contribution in [3.63, 3.8) is 0 Å². The molecule has 2 aromatic heterocycles. The number of benzene rings is 1. The second kappa shape index (κ2) is 6.52. The predicted octanol–water partition coefficient (Wildman–Crippen LogP) is 3.48. The molecular weight excluding hydrogens is 338 g/mol. The molecule has 3 aromatic rings. The fraction of sp³-hybridized carbons (Fsp3) is 0.389. The van der Waals surface area contributed by atoms with Crippen molar-refractivity contribution in [2.24, 2.45) is 0 Å². The molecule has 1 aliphatic rings. The minimum absolute atomic E-state index is 0.528. The smallest absolute Gasteiger partial charge is 0.200 e. The number of anilines is 1. The molecule has 7 heteroatoms. The zero-order valence-corrected chi connectivity index (χ0v) is 15.1. The number of fused-ring (bicyclic) bond motifs is 1. The maximum Gasteiger partial charge on any atom is 0.200 e. The largest absolute Gasteiger partial charge is 0.490 e. The van der Waals surface area contributed by atoms with Crippen LogP contribution < -0.4 is 9.64 Å². The highest BCUT2D eigenvalue weighted by molar-refractivity contribution is 6.32. The van der Waals surface area contributed by atoms with Crippen molar-refractivity contribution in [1.82, 2.24) is 19.8 Å². The van der Waals surface area contributed by atoms with Crippen molar-refractivity contribution in [1.29, 1.82) is 0 Å². The predicted molar refractivity (Wildman–Crippen MR) is 97.7 cm³/mol. The van der Waals surface area contributed by atoms with Crippen molar-refractivity contribution in [2.45, 2.75) is 25.7 Å². The zero-order chi connectivity index (χ0) is 17.4. The first-order valence-corrected chi connectivity index (χ1v) is 8.80. The Morgan fingerprint density at radius 3 is 2.92 bits per heavy atom. The van der Waals surface area contributed by atoms with E-state index in [0.29, 0.717) is 29.8 Å². The lowest BCUT2D eigenvalue weighted by molar-refractivity contribution is 0.326. The fourth-order valence-electron chi connectivity index (χ4n) is 2.83. The Labute approximate surface area is 151 Å². The van der Waals surface area contributed by atoms with Gasteiger partial charge in [-0.15, -0.1) is 10.2 Å². The van der Waals surface area contributed by atoms with E-state index in [1.165, 1.54) is 12.8 Å². The molecule has 0 unspecified atom stereocenters. The van der Waals surface area contributed by atoms with Crippen molar-refractivity contribution >= 4 is 22.9 Å². The summed E-state index contributed by atoms with van der Waals surface area (Å²) in [6.45, 7) is 3.25. The Bertz CT molecular complexity index is 906. The molecule has 1 fully saturated rings. The number of rotatable bonds is 6. The Balaban J connectivity index is 1.48. The third kappa shape index (κ3) is 3.39. The van der Waals surface area contributed by atoms with Gasteiger partial charge >= 0.3 is 0 Å². The minimum atomic E-state index is 0.528. The van der Waals surface area contributed by atoms with Gasteiger partial charge in [-0.05, 0) is 43.5 Å². The van der Waals surface area contributed by atoms with Crippen molar-refractivity contribution in [3.05, 3.63) is 46.9 Å². The number of nitrogens with zero attached hydrogens (tertiary/aromatic N) is 5. The number of aromatic nitrogens is 4. The van der Waals surface area contributed by atoms with Gasteiger partial charge in [0.05, 0.1) is 22.9 Å². The first-order valence-electron chi connectivity index (χ1n) is 8.43. The molecule has 0 atom stereocenters. The molecule has 130 valence electrons. The molecule has 0 radical (unpaired) electrons. The second-order valence-corrected chi connectivity index (χ2v) is 6.94. The van der Waals surface area contributed by atoms with Gasteiger partial charge in [0.25, 0.3) is 0 Å². The van der Waals surface area contributed by atoms with Gasteiger partial charge in [0.15, 0.2) is 0 Å². The van der Waals surface area contributed by atoms with E-state index < -0.39 is 0 Å². The molecule has 0 saturated heterocycles. The van der Waals surface area contributed by atoms with Crippen LogP contribution in [0, 0.1) is 6.92 Å². The quantitative estimate of drug-likeness (QED) is 0.676. The SMILES string of the molecule is Cc1ccc(OCCN(C)c2cc(C3CC3)nn3cnnc23)c(Cl)c1. The Morgan fingerprint density at radius 1 is 1.32 bits per heavy atom. The van der Waals surface area contributed by atoms with Crippen LogP contribution in [-0.4, -0.2) is 40.0 Å². The zero-order valence-electron chi connectivity index (χ0n) is 14.3. The van der Waals surface area contributed by atoms with Gasteiger partial charge < -0.3 is 9.64 Å². The van der Waals surface area contributed by atoms with E-state index in [1.54, 1.807) is 10.8 Å². The molecule has 0 bridgehead atoms. The number of ether oxygens (including phenoxy) is 1. The maximum absolute atomic E-state index is 6.22. The lowest BCUT2D eigenvalue weighted by Gasteiger charge is -2.20. The average molecular weight is 358 g/mol. The third-order valence-electron chi connectivity index (χ3n) is 4.45. The number of halogens is 1. The van der Waals surface area contributed by atoms with Gasteiger partial charge in [-0.25, -0.2) is 0 Å². The molecule has 0 N–H and O–H groups in total. The molecule has 0 spiro atoms. The van der Waals surface area contributed by atoms with Crippen LogP contribution in [-0.2, 0) is 0 Å². The number of hydrogen-bond acceptors (Lipinski definition) is 5. The van der Waals surface area contributed by atoms with Crippen LogP contribution in [0.1, 0.15) is 30.0 Å². The first-order chi connectivity index (χ1) is 12.1. The minimum Gasteiger partial charge on any atom is -0.490 e. The standard InChI is InChI=1S/C18H20ClN5O/c1-12-3-6-17(14(19)9-12)25-8-7-23(2)16-10-15(13-4-5-13)22-24-11-20-21-18(16)24/h3,6,9-11,13H,4-5,7-8H2,1-2H3. The van der Waals surface area contributed by atoms with Crippen LogP contribution in [0.15, 0.2) is 30.6 Å². The van der Waals surface area contributed by atoms with E-state index in [-0.39, 0.29) is 0 Å². The van der Waals surface area contributed by atoms with Gasteiger partial charge in [0, 0.05) is 13.0 Å². The molecule has 2 heterocycles. The van der Waals surface area contributed by atoms with E-state index in [0.717, 1.165) is 22.6 Å². The molecule has 1 aliphatic carbocycles. The molecule has 4 rings (SSSR count). The monoisotopic (exact) mass is 357 g/mol. The Morgan fingerprint density at radius 2 is 2.16 bits per heavy atom. The van der Waals surface area contributed by atoms with Crippen LogP contribution in [0.3, 0.4) is 0 Å². The van der Waals surface area contributed by atoms with Crippen LogP contribution in [0.5, 0.6) is 5.75 Å². The van der Waals surface area contributed by atoms with Crippen molar-refractivity contribution in [2.75, 3.05) is 25.1 Å². The van der Waals surface area contributed by atoms with Crippen molar-refractivity contribution in [3.8, 4) is 5.75 Å². The summed E-state index contributed by atoms with van der Waals surface area (Å²) in [5, 5.41) is 13.4. The van der Waals surface area contributed by atoms with Crippen LogP contribution in [0.25, 0.3) is 5.65 Å². The number of likely N-dealkylation sites (N-methyl/N-ethyl adjacent to an activating group) is 1. The van der Waals surface area contributed by atoms with Crippen LogP contribution in [0.4, 0.5) is 5.69 Å². The summed E-state index contributed by atoms with van der Waals surface area (Å²) in [5.41, 5.74) is 4.01. The summed E-state index contributed by atoms with van der Waals surface area (Å²) in [6, 6.07) is 7.94. The Kier molecular flexibility index (Phi) is 4.21. The second-order valence-electron chi connectivity index (χ2n) is 6.53. The highest BCUT2D eigenvalue weighted by Crippen LogP contribution is 2.40. The Hall–Kier alpha value is -2.34. The van der Waals surface area contributed by atoms with Gasteiger partial charge in [-0.1, -0.05) is 17.7 Å². The van der Waals surface area contributed by atoms with Gasteiger partial charge in [-0.2, -0.15) is 9.61 Å². The first kappa shape index (κ1) is 16.1. The molecule has 6 nitrogen and oxygen atoms in total. The highest BCUT2D eigenvalue weighted by atomic mass is 35.5. The normalized spacial score (nSPS) is 14.0. The van der Waals surface area contributed by atoms with Gasteiger partial charge in [-0.3, -0.25) is 0 Å². The topological polar surface area (TPSA) is 55.5 Å². The third-order valence-corrected chi connectivity index (χ3v) is 4.74. The lowest BCUT2D eigenvalue weighted by Crippen LogP contribution is -2.25.